The summed E-state index contributed by atoms with van der Waals surface area (Å²) >= 11 is 1.04. The fraction of sp³-hybridized carbons (Fsp3) is 0.667. The molecule has 0 fully saturated rings. The van der Waals surface area contributed by atoms with Crippen LogP contribution in [0.25, 0.3) is 0 Å². The lowest BCUT2D eigenvalue weighted by Crippen LogP contribution is -2.26. The molecule has 0 rings (SSSR count). The second-order valence-electron chi connectivity index (χ2n) is 2.00. The molecule has 64 valence electrons. The molecule has 11 heavy (non-hydrogen) atoms. The van der Waals surface area contributed by atoms with Crippen molar-refractivity contribution in [3.05, 3.63) is 0 Å². The van der Waals surface area contributed by atoms with Crippen molar-refractivity contribution in [2.45, 2.75) is 13.3 Å². The number of nitrogens with one attached hydrogen (secondary N) is 2. The lowest BCUT2D eigenvalue weighted by atomic mass is 10.5. The van der Waals surface area contributed by atoms with E-state index in [0.717, 1.165) is 18.2 Å². The summed E-state index contributed by atoms with van der Waals surface area (Å²) in [5.74, 6) is 0.182. The molecule has 0 aliphatic rings. The number of amidine groups is 1. The normalized spacial score (nSPS) is 9.18. The summed E-state index contributed by atoms with van der Waals surface area (Å²) < 4.78 is 0. The Morgan fingerprint density at radius 2 is 2.36 bits per heavy atom. The summed E-state index contributed by atoms with van der Waals surface area (Å²) in [6, 6.07) is 0. The zero-order chi connectivity index (χ0) is 8.69. The van der Waals surface area contributed by atoms with Crippen molar-refractivity contribution >= 4 is 22.8 Å². The molecule has 5 heteroatoms. The Balaban J connectivity index is 3.30. The van der Waals surface area contributed by atoms with Crippen LogP contribution in [0.2, 0.25) is 0 Å². The standard InChI is InChI=1S/C6H13N3OS/c1-2-3-9-5(10)4-11-6(7)8/h2-4H2,1H3,(H3,7,8)(H,9,10). The van der Waals surface area contributed by atoms with Gasteiger partial charge in [0.2, 0.25) is 5.91 Å². The number of rotatable bonds is 4. The van der Waals surface area contributed by atoms with Gasteiger partial charge in [0.25, 0.3) is 0 Å². The van der Waals surface area contributed by atoms with Gasteiger partial charge in [-0.3, -0.25) is 10.2 Å². The number of thioether (sulfide) groups is 1. The lowest BCUT2D eigenvalue weighted by molar-refractivity contribution is -0.118. The first-order valence-corrected chi connectivity index (χ1v) is 4.39. The van der Waals surface area contributed by atoms with Gasteiger partial charge in [-0.25, -0.2) is 0 Å². The Morgan fingerprint density at radius 3 is 2.82 bits per heavy atom. The number of amides is 1. The highest BCUT2D eigenvalue weighted by Gasteiger charge is 2.00. The number of carbonyl (C=O) groups is 1. The van der Waals surface area contributed by atoms with Crippen molar-refractivity contribution in [3.63, 3.8) is 0 Å². The summed E-state index contributed by atoms with van der Waals surface area (Å²) in [7, 11) is 0. The van der Waals surface area contributed by atoms with Gasteiger partial charge >= 0.3 is 0 Å². The predicted molar refractivity (Wildman–Crippen MR) is 47.7 cm³/mol. The van der Waals surface area contributed by atoms with Crippen LogP contribution in [0, 0.1) is 5.41 Å². The molecule has 0 atom stereocenters. The lowest BCUT2D eigenvalue weighted by Gasteiger charge is -2.00. The summed E-state index contributed by atoms with van der Waals surface area (Å²) in [5.41, 5.74) is 5.04. The molecule has 0 saturated carbocycles. The number of hydrogen-bond donors (Lipinski definition) is 3. The van der Waals surface area contributed by atoms with E-state index in [1.807, 2.05) is 6.92 Å². The molecule has 0 aliphatic heterocycles. The molecule has 0 aromatic heterocycles. The molecular formula is C6H13N3OS. The second kappa shape index (κ2) is 6.03. The number of hydrogen-bond acceptors (Lipinski definition) is 3. The van der Waals surface area contributed by atoms with E-state index in [1.165, 1.54) is 0 Å². The Labute approximate surface area is 70.4 Å². The highest BCUT2D eigenvalue weighted by molar-refractivity contribution is 8.14. The van der Waals surface area contributed by atoms with Gasteiger partial charge in [0.1, 0.15) is 0 Å². The van der Waals surface area contributed by atoms with E-state index < -0.39 is 0 Å². The van der Waals surface area contributed by atoms with Gasteiger partial charge in [0, 0.05) is 6.54 Å². The SMILES string of the molecule is CCCNC(=O)CSC(=N)N. The monoisotopic (exact) mass is 175 g/mol. The molecule has 4 N–H and O–H groups in total. The molecule has 0 aliphatic carbocycles. The topological polar surface area (TPSA) is 79.0 Å². The van der Waals surface area contributed by atoms with Gasteiger partial charge in [0.15, 0.2) is 5.17 Å². The van der Waals surface area contributed by atoms with Crippen LogP contribution in [0.5, 0.6) is 0 Å². The maximum atomic E-state index is 10.8. The Bertz CT molecular complexity index is 149. The largest absolute Gasteiger partial charge is 0.379 e. The zero-order valence-corrected chi connectivity index (χ0v) is 7.33. The van der Waals surface area contributed by atoms with E-state index in [9.17, 15) is 4.79 Å². The first kappa shape index (κ1) is 10.3. The predicted octanol–water partition coefficient (Wildman–Crippen LogP) is 0.139. The molecule has 0 bridgehead atoms. The van der Waals surface area contributed by atoms with Crippen LogP contribution >= 0.6 is 11.8 Å². The molecule has 0 unspecified atom stereocenters. The van der Waals surface area contributed by atoms with Crippen molar-refractivity contribution < 1.29 is 4.79 Å². The van der Waals surface area contributed by atoms with Crippen LogP contribution in [-0.4, -0.2) is 23.4 Å². The fourth-order valence-electron chi connectivity index (χ4n) is 0.459. The van der Waals surface area contributed by atoms with Crippen molar-refractivity contribution in [2.75, 3.05) is 12.3 Å². The molecular weight excluding hydrogens is 162 g/mol. The van der Waals surface area contributed by atoms with Crippen LogP contribution in [-0.2, 0) is 4.79 Å². The summed E-state index contributed by atoms with van der Waals surface area (Å²) in [6.07, 6.45) is 0.927. The summed E-state index contributed by atoms with van der Waals surface area (Å²) in [5, 5.41) is 9.48. The van der Waals surface area contributed by atoms with Crippen molar-refractivity contribution in [3.8, 4) is 0 Å². The summed E-state index contributed by atoms with van der Waals surface area (Å²) in [6.45, 7) is 2.68. The number of nitrogens with two attached hydrogens (primary N) is 1. The molecule has 0 saturated heterocycles. The smallest absolute Gasteiger partial charge is 0.230 e. The Kier molecular flexibility index (Phi) is 5.64. The van der Waals surface area contributed by atoms with E-state index in [0.29, 0.717) is 6.54 Å². The molecule has 4 nitrogen and oxygen atoms in total. The minimum atomic E-state index is -0.0629. The first-order valence-electron chi connectivity index (χ1n) is 3.40. The molecule has 0 aromatic carbocycles. The van der Waals surface area contributed by atoms with Gasteiger partial charge in [-0.15, -0.1) is 0 Å². The highest BCUT2D eigenvalue weighted by atomic mass is 32.2. The van der Waals surface area contributed by atoms with E-state index in [2.05, 4.69) is 5.32 Å². The van der Waals surface area contributed by atoms with Gasteiger partial charge < -0.3 is 11.1 Å². The highest BCUT2D eigenvalue weighted by Crippen LogP contribution is 1.95. The fourth-order valence-corrected chi connectivity index (χ4v) is 0.847. The first-order chi connectivity index (χ1) is 5.16. The molecule has 0 radical (unpaired) electrons. The van der Waals surface area contributed by atoms with Crippen LogP contribution in [0.15, 0.2) is 0 Å². The minimum absolute atomic E-state index is 0.0170. The molecule has 0 spiro atoms. The third kappa shape index (κ3) is 7.18. The molecule has 1 amide bonds. The quantitative estimate of drug-likeness (QED) is 0.420. The zero-order valence-electron chi connectivity index (χ0n) is 6.52. The Morgan fingerprint density at radius 1 is 1.73 bits per heavy atom. The maximum absolute atomic E-state index is 10.8. The van der Waals surface area contributed by atoms with E-state index in [4.69, 9.17) is 11.1 Å². The van der Waals surface area contributed by atoms with Gasteiger partial charge in [0.05, 0.1) is 5.75 Å². The van der Waals surface area contributed by atoms with Crippen LogP contribution in [0.1, 0.15) is 13.3 Å². The van der Waals surface area contributed by atoms with Crippen LogP contribution in [0.3, 0.4) is 0 Å². The van der Waals surface area contributed by atoms with Gasteiger partial charge in [-0.2, -0.15) is 0 Å². The third-order valence-electron chi connectivity index (χ3n) is 0.931. The minimum Gasteiger partial charge on any atom is -0.379 e. The van der Waals surface area contributed by atoms with Gasteiger partial charge in [-0.05, 0) is 6.42 Å². The van der Waals surface area contributed by atoms with Crippen LogP contribution < -0.4 is 11.1 Å². The number of carbonyl (C=O) groups excluding carboxylic acids is 1. The van der Waals surface area contributed by atoms with E-state index >= 15 is 0 Å². The Hall–Kier alpha value is -0.710. The average molecular weight is 175 g/mol. The average Bonchev–Trinajstić information content (AvgIpc) is 1.97. The van der Waals surface area contributed by atoms with Gasteiger partial charge in [-0.1, -0.05) is 18.7 Å². The van der Waals surface area contributed by atoms with Crippen LogP contribution in [0.4, 0.5) is 0 Å². The third-order valence-corrected chi connectivity index (χ3v) is 1.65. The van der Waals surface area contributed by atoms with E-state index in [-0.39, 0.29) is 16.8 Å². The summed E-state index contributed by atoms with van der Waals surface area (Å²) in [4.78, 5) is 10.8. The molecule has 0 heterocycles. The second-order valence-corrected chi connectivity index (χ2v) is 3.02. The van der Waals surface area contributed by atoms with Crippen molar-refractivity contribution in [1.29, 1.82) is 5.41 Å². The maximum Gasteiger partial charge on any atom is 0.230 e. The van der Waals surface area contributed by atoms with Crippen molar-refractivity contribution in [1.82, 2.24) is 5.32 Å². The van der Waals surface area contributed by atoms with Crippen molar-refractivity contribution in [2.24, 2.45) is 5.73 Å². The van der Waals surface area contributed by atoms with E-state index in [1.54, 1.807) is 0 Å². The molecule has 0 aromatic rings.